The monoisotopic (exact) mass is 530 g/mol. The molecule has 0 unspecified atom stereocenters. The van der Waals surface area contributed by atoms with Gasteiger partial charge in [0.25, 0.3) is 0 Å². The lowest BCUT2D eigenvalue weighted by Gasteiger charge is -2.49. The largest absolute Gasteiger partial charge is 0.481 e. The molecule has 192 valence electrons. The Bertz CT molecular complexity index is 1160. The molecular weight excluding hydrogens is 499 g/mol. The zero-order valence-electron chi connectivity index (χ0n) is 20.8. The number of benzene rings is 2. The number of hydrogen-bond acceptors (Lipinski definition) is 4. The van der Waals surface area contributed by atoms with Gasteiger partial charge in [0.2, 0.25) is 5.91 Å². The molecule has 6 nitrogen and oxygen atoms in total. The summed E-state index contributed by atoms with van der Waals surface area (Å²) in [6.07, 6.45) is 1.41. The second-order valence-corrected chi connectivity index (χ2v) is 11.6. The van der Waals surface area contributed by atoms with Gasteiger partial charge in [-0.15, -0.1) is 0 Å². The molecule has 8 heteroatoms. The molecule has 4 rings (SSSR count). The third kappa shape index (κ3) is 5.87. The summed E-state index contributed by atoms with van der Waals surface area (Å²) in [5, 5.41) is 10.9. The van der Waals surface area contributed by atoms with Crippen LogP contribution in [0.1, 0.15) is 69.5 Å². The summed E-state index contributed by atoms with van der Waals surface area (Å²) in [4.78, 5) is 32.3. The van der Waals surface area contributed by atoms with Gasteiger partial charge in [0, 0.05) is 28.9 Å². The van der Waals surface area contributed by atoms with Gasteiger partial charge in [0.15, 0.2) is 5.90 Å². The Morgan fingerprint density at radius 1 is 1.11 bits per heavy atom. The molecule has 1 saturated heterocycles. The summed E-state index contributed by atoms with van der Waals surface area (Å²) in [5.41, 5.74) is 0.637. The summed E-state index contributed by atoms with van der Waals surface area (Å²) in [6, 6.07) is 14.8. The normalized spacial score (nSPS) is 25.4. The summed E-state index contributed by atoms with van der Waals surface area (Å²) in [6.45, 7) is 6.81. The fourth-order valence-electron chi connectivity index (χ4n) is 5.40. The number of likely N-dealkylation sites (tertiary alicyclic amines) is 1. The van der Waals surface area contributed by atoms with Gasteiger partial charge in [-0.05, 0) is 62.1 Å². The lowest BCUT2D eigenvalue weighted by Crippen LogP contribution is -2.52. The molecule has 2 heterocycles. The van der Waals surface area contributed by atoms with Crippen LogP contribution in [0.4, 0.5) is 0 Å². The number of halogens is 2. The second kappa shape index (κ2) is 10.4. The molecule has 0 aromatic heterocycles. The Balaban J connectivity index is 1.72. The van der Waals surface area contributed by atoms with Crippen LogP contribution in [0.5, 0.6) is 0 Å². The maximum atomic E-state index is 14.0. The maximum absolute atomic E-state index is 14.0. The molecule has 1 N–H and O–H groups in total. The van der Waals surface area contributed by atoms with Crippen molar-refractivity contribution < 1.29 is 19.4 Å². The highest BCUT2D eigenvalue weighted by atomic mass is 35.5. The van der Waals surface area contributed by atoms with E-state index in [2.05, 4.69) is 4.99 Å². The fraction of sp³-hybridized carbons (Fsp3) is 0.464. The van der Waals surface area contributed by atoms with Crippen LogP contribution in [-0.2, 0) is 14.3 Å². The van der Waals surface area contributed by atoms with Crippen LogP contribution in [-0.4, -0.2) is 46.5 Å². The third-order valence-corrected chi connectivity index (χ3v) is 7.49. The van der Waals surface area contributed by atoms with Crippen molar-refractivity contribution >= 4 is 41.0 Å². The fourth-order valence-corrected chi connectivity index (χ4v) is 5.72. The number of piperidine rings is 1. The zero-order valence-corrected chi connectivity index (χ0v) is 22.4. The van der Waals surface area contributed by atoms with E-state index in [0.29, 0.717) is 48.4 Å². The number of aliphatic carboxylic acids is 1. The summed E-state index contributed by atoms with van der Waals surface area (Å²) in [7, 11) is 0. The van der Waals surface area contributed by atoms with E-state index in [1.807, 2.05) is 67.3 Å². The van der Waals surface area contributed by atoms with Gasteiger partial charge in [0.05, 0.1) is 23.4 Å². The van der Waals surface area contributed by atoms with Crippen molar-refractivity contribution in [3.05, 3.63) is 69.7 Å². The Labute approximate surface area is 222 Å². The molecular formula is C28H32Cl2N2O4. The maximum Gasteiger partial charge on any atom is 0.304 e. The predicted molar refractivity (Wildman–Crippen MR) is 142 cm³/mol. The molecule has 3 atom stereocenters. The second-order valence-electron chi connectivity index (χ2n) is 10.7. The van der Waals surface area contributed by atoms with Crippen LogP contribution < -0.4 is 0 Å². The van der Waals surface area contributed by atoms with Gasteiger partial charge in [-0.2, -0.15) is 0 Å². The number of rotatable bonds is 8. The molecule has 0 spiro atoms. The molecule has 2 aromatic rings. The molecule has 2 aromatic carbocycles. The highest BCUT2D eigenvalue weighted by molar-refractivity contribution is 6.30. The Morgan fingerprint density at radius 2 is 1.83 bits per heavy atom. The SMILES string of the molecule is CC1(C)COC(CCCN2C(=O)[C@@](C)(CC(=O)O)C[C@H](c3cccc(Cl)c3)[C@H]2c2ccc(Cl)cc2)=N1. The molecule has 0 aliphatic carbocycles. The number of carboxylic acid groups (broad SMARTS) is 1. The van der Waals surface area contributed by atoms with Crippen LogP contribution in [0.15, 0.2) is 53.5 Å². The van der Waals surface area contributed by atoms with Crippen molar-refractivity contribution in [1.29, 1.82) is 0 Å². The first-order valence-electron chi connectivity index (χ1n) is 12.2. The van der Waals surface area contributed by atoms with Gasteiger partial charge >= 0.3 is 5.97 Å². The van der Waals surface area contributed by atoms with Crippen molar-refractivity contribution in [2.75, 3.05) is 13.2 Å². The molecule has 36 heavy (non-hydrogen) atoms. The van der Waals surface area contributed by atoms with E-state index in [1.165, 1.54) is 0 Å². The van der Waals surface area contributed by atoms with E-state index in [9.17, 15) is 14.7 Å². The van der Waals surface area contributed by atoms with Crippen molar-refractivity contribution in [2.24, 2.45) is 10.4 Å². The lowest BCUT2D eigenvalue weighted by molar-refractivity contribution is -0.157. The number of ether oxygens (including phenoxy) is 1. The molecule has 1 amide bonds. The minimum atomic E-state index is -1.05. The lowest BCUT2D eigenvalue weighted by atomic mass is 9.67. The van der Waals surface area contributed by atoms with Crippen molar-refractivity contribution in [3.8, 4) is 0 Å². The van der Waals surface area contributed by atoms with E-state index >= 15 is 0 Å². The van der Waals surface area contributed by atoms with Crippen LogP contribution in [0.25, 0.3) is 0 Å². The van der Waals surface area contributed by atoms with Gasteiger partial charge in [-0.1, -0.05) is 54.4 Å². The van der Waals surface area contributed by atoms with Crippen LogP contribution in [0, 0.1) is 5.41 Å². The minimum Gasteiger partial charge on any atom is -0.481 e. The van der Waals surface area contributed by atoms with Crippen LogP contribution in [0.2, 0.25) is 10.0 Å². The predicted octanol–water partition coefficient (Wildman–Crippen LogP) is 6.52. The van der Waals surface area contributed by atoms with Gasteiger partial charge in [-0.3, -0.25) is 9.59 Å². The van der Waals surface area contributed by atoms with Crippen molar-refractivity contribution in [2.45, 2.75) is 64.0 Å². The molecule has 1 fully saturated rings. The zero-order chi connectivity index (χ0) is 26.1. The first kappa shape index (κ1) is 26.5. The van der Waals surface area contributed by atoms with Crippen molar-refractivity contribution in [1.82, 2.24) is 4.90 Å². The van der Waals surface area contributed by atoms with E-state index in [1.54, 1.807) is 6.92 Å². The summed E-state index contributed by atoms with van der Waals surface area (Å²) >= 11 is 12.5. The van der Waals surface area contributed by atoms with E-state index in [0.717, 1.165) is 11.1 Å². The number of carboxylic acids is 1. The Morgan fingerprint density at radius 3 is 2.44 bits per heavy atom. The Hall–Kier alpha value is -2.57. The average molecular weight is 531 g/mol. The number of hydrogen-bond donors (Lipinski definition) is 1. The summed E-state index contributed by atoms with van der Waals surface area (Å²) in [5.74, 6) is -0.590. The number of carbonyl (C=O) groups is 2. The van der Waals surface area contributed by atoms with Gasteiger partial charge in [0.1, 0.15) is 6.61 Å². The summed E-state index contributed by atoms with van der Waals surface area (Å²) < 4.78 is 5.75. The van der Waals surface area contributed by atoms with Crippen molar-refractivity contribution in [3.63, 3.8) is 0 Å². The van der Waals surface area contributed by atoms with Gasteiger partial charge < -0.3 is 14.7 Å². The van der Waals surface area contributed by atoms with E-state index in [4.69, 9.17) is 27.9 Å². The highest BCUT2D eigenvalue weighted by Gasteiger charge is 2.50. The number of nitrogens with zero attached hydrogens (tertiary/aromatic N) is 2. The number of amides is 1. The van der Waals surface area contributed by atoms with Gasteiger partial charge in [-0.25, -0.2) is 4.99 Å². The Kier molecular flexibility index (Phi) is 7.67. The third-order valence-electron chi connectivity index (χ3n) is 7.00. The van der Waals surface area contributed by atoms with E-state index in [-0.39, 0.29) is 29.8 Å². The average Bonchev–Trinajstić information content (AvgIpc) is 3.15. The number of aliphatic imine (C=N–C) groups is 1. The molecule has 2 aliphatic rings. The van der Waals surface area contributed by atoms with E-state index < -0.39 is 11.4 Å². The molecule has 0 bridgehead atoms. The molecule has 0 radical (unpaired) electrons. The first-order chi connectivity index (χ1) is 17.0. The smallest absolute Gasteiger partial charge is 0.304 e. The first-order valence-corrected chi connectivity index (χ1v) is 13.0. The van der Waals surface area contributed by atoms with Crippen LogP contribution in [0.3, 0.4) is 0 Å². The quantitative estimate of drug-likeness (QED) is 0.421. The highest BCUT2D eigenvalue weighted by Crippen LogP contribution is 2.51. The minimum absolute atomic E-state index is 0.147. The van der Waals surface area contributed by atoms with Crippen LogP contribution >= 0.6 is 23.2 Å². The number of carbonyl (C=O) groups excluding carboxylic acids is 1. The molecule has 2 aliphatic heterocycles. The standard InChI is InChI=1S/C28H32Cl2N2O4/c1-27(2)17-36-23(31-27)8-5-13-32-25(18-9-11-20(29)12-10-18)22(19-6-4-7-21(30)14-19)15-28(3,26(32)35)16-24(33)34/h4,6-7,9-12,14,22,25H,5,8,13,15-17H2,1-3H3,(H,33,34)/t22-,25-,28-/m1/s1. The topological polar surface area (TPSA) is 79.2 Å². The molecule has 0 saturated carbocycles.